The van der Waals surface area contributed by atoms with E-state index in [4.69, 9.17) is 14.2 Å². The van der Waals surface area contributed by atoms with Gasteiger partial charge in [0.2, 0.25) is 0 Å². The maximum absolute atomic E-state index is 12.9. The molecule has 9 nitrogen and oxygen atoms in total. The molecule has 0 radical (unpaired) electrons. The van der Waals surface area contributed by atoms with Gasteiger partial charge in [-0.15, -0.1) is 0 Å². The zero-order chi connectivity index (χ0) is 21.8. The Labute approximate surface area is 178 Å². The molecule has 31 heavy (non-hydrogen) atoms. The van der Waals surface area contributed by atoms with Gasteiger partial charge in [-0.2, -0.15) is 5.10 Å². The standard InChI is InChI=1S/C22H22N4O5/c1-29-16-5-4-13(8-17(16)30-2)15-6-7-23-18-9-14(25-26(15)18)19(27)24-22-10-21(11-22,12-22)20(28)31-3/h4-9H,10-12H2,1-3H3,(H,24,27). The van der Waals surface area contributed by atoms with E-state index < -0.39 is 5.41 Å². The summed E-state index contributed by atoms with van der Waals surface area (Å²) >= 11 is 0. The summed E-state index contributed by atoms with van der Waals surface area (Å²) < 4.78 is 17.2. The lowest BCUT2D eigenvalue weighted by Crippen LogP contribution is -2.77. The average molecular weight is 422 g/mol. The first-order valence-electron chi connectivity index (χ1n) is 9.91. The number of fused-ring (bicyclic) bond motifs is 1. The number of ether oxygens (including phenoxy) is 3. The van der Waals surface area contributed by atoms with Crippen LogP contribution >= 0.6 is 0 Å². The van der Waals surface area contributed by atoms with Gasteiger partial charge in [0.15, 0.2) is 22.8 Å². The third kappa shape index (κ3) is 2.83. The van der Waals surface area contributed by atoms with Gasteiger partial charge in [0.25, 0.3) is 5.91 Å². The highest BCUT2D eigenvalue weighted by molar-refractivity contribution is 5.95. The molecule has 9 heteroatoms. The van der Waals surface area contributed by atoms with Gasteiger partial charge in [-0.3, -0.25) is 9.59 Å². The van der Waals surface area contributed by atoms with Gasteiger partial charge in [-0.05, 0) is 43.5 Å². The minimum absolute atomic E-state index is 0.194. The molecule has 2 aromatic heterocycles. The van der Waals surface area contributed by atoms with E-state index in [-0.39, 0.29) is 23.1 Å². The monoisotopic (exact) mass is 422 g/mol. The van der Waals surface area contributed by atoms with Gasteiger partial charge in [0.05, 0.1) is 32.4 Å². The van der Waals surface area contributed by atoms with Crippen LogP contribution in [-0.4, -0.2) is 53.3 Å². The third-order valence-corrected chi connectivity index (χ3v) is 6.30. The van der Waals surface area contributed by atoms with Crippen LogP contribution in [0.2, 0.25) is 0 Å². The van der Waals surface area contributed by atoms with E-state index in [0.29, 0.717) is 36.4 Å². The van der Waals surface area contributed by atoms with Crippen LogP contribution in [0.4, 0.5) is 0 Å². The number of carbonyl (C=O) groups excluding carboxylic acids is 2. The predicted octanol–water partition coefficient (Wildman–Crippen LogP) is 2.24. The fraction of sp³-hybridized carbons (Fsp3) is 0.364. The Hall–Kier alpha value is -3.62. The molecule has 1 amide bonds. The molecule has 0 spiro atoms. The molecular weight excluding hydrogens is 400 g/mol. The molecule has 0 saturated heterocycles. The van der Waals surface area contributed by atoms with E-state index in [0.717, 1.165) is 11.3 Å². The number of carbonyl (C=O) groups is 2. The van der Waals surface area contributed by atoms with Crippen LogP contribution < -0.4 is 14.8 Å². The lowest BCUT2D eigenvalue weighted by atomic mass is 9.39. The van der Waals surface area contributed by atoms with Gasteiger partial charge < -0.3 is 19.5 Å². The molecule has 0 atom stereocenters. The van der Waals surface area contributed by atoms with Gasteiger partial charge >= 0.3 is 5.97 Å². The van der Waals surface area contributed by atoms with E-state index in [2.05, 4.69) is 15.4 Å². The lowest BCUT2D eigenvalue weighted by molar-refractivity contribution is -0.199. The molecule has 3 saturated carbocycles. The minimum atomic E-state index is -0.414. The summed E-state index contributed by atoms with van der Waals surface area (Å²) in [4.78, 5) is 29.0. The molecule has 3 fully saturated rings. The number of nitrogens with one attached hydrogen (secondary N) is 1. The highest BCUT2D eigenvalue weighted by atomic mass is 16.5. The van der Waals surface area contributed by atoms with Crippen LogP contribution in [0.25, 0.3) is 16.9 Å². The molecular formula is C22H22N4O5. The largest absolute Gasteiger partial charge is 0.493 e. The Morgan fingerprint density at radius 1 is 1.03 bits per heavy atom. The Bertz CT molecular complexity index is 1200. The number of nitrogens with zero attached hydrogens (tertiary/aromatic N) is 3. The second kappa shape index (κ2) is 6.69. The van der Waals surface area contributed by atoms with Crippen molar-refractivity contribution >= 4 is 17.5 Å². The van der Waals surface area contributed by atoms with E-state index in [1.807, 2.05) is 24.3 Å². The first kappa shape index (κ1) is 19.3. The van der Waals surface area contributed by atoms with Crippen LogP contribution in [0, 0.1) is 5.41 Å². The fourth-order valence-electron chi connectivity index (χ4n) is 4.88. The second-order valence-electron chi connectivity index (χ2n) is 8.24. The molecule has 2 bridgehead atoms. The van der Waals surface area contributed by atoms with Crippen LogP contribution in [-0.2, 0) is 9.53 Å². The molecule has 1 N–H and O–H groups in total. The van der Waals surface area contributed by atoms with Crippen molar-refractivity contribution in [1.29, 1.82) is 0 Å². The zero-order valence-corrected chi connectivity index (χ0v) is 17.5. The summed E-state index contributed by atoms with van der Waals surface area (Å²) in [6.45, 7) is 0. The Kier molecular flexibility index (Phi) is 4.18. The molecule has 3 aliphatic rings. The van der Waals surface area contributed by atoms with Crippen molar-refractivity contribution in [2.75, 3.05) is 21.3 Å². The minimum Gasteiger partial charge on any atom is -0.493 e. The summed E-state index contributed by atoms with van der Waals surface area (Å²) in [5.41, 5.74) is 1.70. The third-order valence-electron chi connectivity index (χ3n) is 6.30. The number of aromatic nitrogens is 3. The van der Waals surface area contributed by atoms with Crippen molar-refractivity contribution < 1.29 is 23.8 Å². The number of methoxy groups -OCH3 is 3. The Balaban J connectivity index is 1.41. The highest BCUT2D eigenvalue weighted by Gasteiger charge is 2.73. The molecule has 3 aliphatic carbocycles. The average Bonchev–Trinajstić information content (AvgIpc) is 3.18. The second-order valence-corrected chi connectivity index (χ2v) is 8.24. The summed E-state index contributed by atoms with van der Waals surface area (Å²) in [6, 6.07) is 9.04. The smallest absolute Gasteiger partial charge is 0.312 e. The predicted molar refractivity (Wildman–Crippen MR) is 110 cm³/mol. The number of hydrogen-bond donors (Lipinski definition) is 1. The van der Waals surface area contributed by atoms with Gasteiger partial charge in [-0.1, -0.05) is 0 Å². The van der Waals surface area contributed by atoms with E-state index >= 15 is 0 Å². The van der Waals surface area contributed by atoms with Crippen molar-refractivity contribution in [2.45, 2.75) is 24.8 Å². The van der Waals surface area contributed by atoms with Crippen LogP contribution in [0.5, 0.6) is 11.5 Å². The van der Waals surface area contributed by atoms with E-state index in [1.165, 1.54) is 7.11 Å². The molecule has 0 unspecified atom stereocenters. The first-order valence-corrected chi connectivity index (χ1v) is 9.91. The van der Waals surface area contributed by atoms with Crippen molar-refractivity contribution in [3.05, 3.63) is 42.2 Å². The summed E-state index contributed by atoms with van der Waals surface area (Å²) in [7, 11) is 4.56. The van der Waals surface area contributed by atoms with Crippen molar-refractivity contribution in [3.63, 3.8) is 0 Å². The van der Waals surface area contributed by atoms with Gasteiger partial charge in [-0.25, -0.2) is 9.50 Å². The topological polar surface area (TPSA) is 104 Å². The van der Waals surface area contributed by atoms with Crippen molar-refractivity contribution in [3.8, 4) is 22.8 Å². The molecule has 2 heterocycles. The quantitative estimate of drug-likeness (QED) is 0.608. The number of hydrogen-bond acceptors (Lipinski definition) is 7. The number of rotatable bonds is 6. The van der Waals surface area contributed by atoms with Crippen LogP contribution in [0.1, 0.15) is 29.8 Å². The summed E-state index contributed by atoms with van der Waals surface area (Å²) in [5.74, 6) is 0.751. The highest BCUT2D eigenvalue weighted by Crippen LogP contribution is 2.67. The number of benzene rings is 1. The summed E-state index contributed by atoms with van der Waals surface area (Å²) in [6.07, 6.45) is 3.51. The Morgan fingerprint density at radius 3 is 2.45 bits per heavy atom. The van der Waals surface area contributed by atoms with Gasteiger partial charge in [0.1, 0.15) is 0 Å². The van der Waals surface area contributed by atoms with Gasteiger partial charge in [0, 0.05) is 23.4 Å². The summed E-state index contributed by atoms with van der Waals surface area (Å²) in [5, 5.41) is 7.54. The molecule has 3 aromatic rings. The van der Waals surface area contributed by atoms with Crippen LogP contribution in [0.3, 0.4) is 0 Å². The molecule has 160 valence electrons. The SMILES string of the molecule is COC(=O)C12CC(NC(=O)c3cc4nccc(-c5ccc(OC)c(OC)c5)n4n3)(C1)C2. The maximum Gasteiger partial charge on any atom is 0.312 e. The first-order chi connectivity index (χ1) is 14.9. The number of amides is 1. The molecule has 0 aliphatic heterocycles. The van der Waals surface area contributed by atoms with Crippen molar-refractivity contribution in [1.82, 2.24) is 19.9 Å². The molecule has 6 rings (SSSR count). The van der Waals surface area contributed by atoms with E-state index in [9.17, 15) is 9.59 Å². The fourth-order valence-corrected chi connectivity index (χ4v) is 4.88. The normalized spacial score (nSPS) is 23.5. The Morgan fingerprint density at radius 2 is 1.77 bits per heavy atom. The maximum atomic E-state index is 12.9. The lowest BCUT2D eigenvalue weighted by Gasteiger charge is -2.68. The van der Waals surface area contributed by atoms with Crippen molar-refractivity contribution in [2.24, 2.45) is 5.41 Å². The zero-order valence-electron chi connectivity index (χ0n) is 17.5. The van der Waals surface area contributed by atoms with Crippen LogP contribution in [0.15, 0.2) is 36.5 Å². The van der Waals surface area contributed by atoms with E-state index in [1.54, 1.807) is 31.0 Å². The molecule has 1 aromatic carbocycles. The number of esters is 1.